The van der Waals surface area contributed by atoms with Crippen LogP contribution in [0.4, 0.5) is 22.7 Å². The number of fused-ring (bicyclic) bond motifs is 1. The Hall–Kier alpha value is -3.66. The minimum Gasteiger partial charge on any atom is -0.150 e. The molecule has 0 heterocycles. The van der Waals surface area contributed by atoms with Gasteiger partial charge in [-0.1, -0.05) is 66.7 Å². The summed E-state index contributed by atoms with van der Waals surface area (Å²) in [6.07, 6.45) is 0. The average Bonchev–Trinajstić information content (AvgIpc) is 2.72. The Morgan fingerprint density at radius 1 is 0.423 bits per heavy atom. The summed E-state index contributed by atoms with van der Waals surface area (Å²) in [5.41, 5.74) is 3.00. The first-order valence-electron chi connectivity index (χ1n) is 8.35. The van der Waals surface area contributed by atoms with Crippen LogP contribution < -0.4 is 0 Å². The normalized spacial score (nSPS) is 11.5. The maximum atomic E-state index is 4.49. The third kappa shape index (κ3) is 3.54. The number of hydrogen-bond donors (Lipinski definition) is 0. The third-order valence-corrected chi connectivity index (χ3v) is 3.93. The van der Waals surface area contributed by atoms with E-state index in [9.17, 15) is 0 Å². The van der Waals surface area contributed by atoms with E-state index in [1.807, 2.05) is 91.0 Å². The molecule has 0 aliphatic heterocycles. The topological polar surface area (TPSA) is 49.4 Å². The molecule has 0 bridgehead atoms. The lowest BCUT2D eigenvalue weighted by Crippen LogP contribution is -1.75. The summed E-state index contributed by atoms with van der Waals surface area (Å²) in [5.74, 6) is 0. The number of benzene rings is 4. The molecule has 0 amide bonds. The Bertz CT molecular complexity index is 1070. The molecule has 0 aliphatic carbocycles. The largest absolute Gasteiger partial charge is 0.150 e. The first-order valence-corrected chi connectivity index (χ1v) is 8.35. The Balaban J connectivity index is 1.79. The van der Waals surface area contributed by atoms with Crippen molar-refractivity contribution in [2.24, 2.45) is 20.5 Å². The van der Waals surface area contributed by atoms with Gasteiger partial charge in [0.15, 0.2) is 0 Å². The smallest absolute Gasteiger partial charge is 0.121 e. The third-order valence-electron chi connectivity index (χ3n) is 3.93. The van der Waals surface area contributed by atoms with E-state index in [2.05, 4.69) is 26.5 Å². The highest BCUT2D eigenvalue weighted by Gasteiger charge is 2.07. The van der Waals surface area contributed by atoms with Gasteiger partial charge in [-0.15, -0.1) is 10.2 Å². The molecule has 4 nitrogen and oxygen atoms in total. The lowest BCUT2D eigenvalue weighted by Gasteiger charge is -2.04. The first-order chi connectivity index (χ1) is 12.9. The van der Waals surface area contributed by atoms with Gasteiger partial charge in [0.05, 0.1) is 11.4 Å². The Morgan fingerprint density at radius 3 is 1.69 bits per heavy atom. The van der Waals surface area contributed by atoms with Gasteiger partial charge < -0.3 is 0 Å². The summed E-state index contributed by atoms with van der Waals surface area (Å²) in [7, 11) is 0. The minimum absolute atomic E-state index is 0.687. The summed E-state index contributed by atoms with van der Waals surface area (Å²) in [6, 6.07) is 31.3. The minimum atomic E-state index is 0.687. The molecule has 124 valence electrons. The fourth-order valence-corrected chi connectivity index (χ4v) is 2.64. The van der Waals surface area contributed by atoms with Crippen LogP contribution in [0, 0.1) is 0 Å². The van der Waals surface area contributed by atoms with E-state index >= 15 is 0 Å². The summed E-state index contributed by atoms with van der Waals surface area (Å²) >= 11 is 0. The second-order valence-corrected chi connectivity index (χ2v) is 5.73. The summed E-state index contributed by atoms with van der Waals surface area (Å²) in [4.78, 5) is 0. The zero-order valence-corrected chi connectivity index (χ0v) is 14.0. The van der Waals surface area contributed by atoms with Gasteiger partial charge in [-0.25, -0.2) is 0 Å². The molecule has 4 rings (SSSR count). The van der Waals surface area contributed by atoms with Crippen molar-refractivity contribution in [2.75, 3.05) is 0 Å². The van der Waals surface area contributed by atoms with Crippen LogP contribution >= 0.6 is 0 Å². The lowest BCUT2D eigenvalue weighted by molar-refractivity contribution is 1.19. The molecule has 0 aliphatic rings. The van der Waals surface area contributed by atoms with Gasteiger partial charge in [0.25, 0.3) is 0 Å². The summed E-state index contributed by atoms with van der Waals surface area (Å²) in [6.45, 7) is 0. The summed E-state index contributed by atoms with van der Waals surface area (Å²) in [5, 5.41) is 19.7. The molecule has 4 aromatic rings. The van der Waals surface area contributed by atoms with Gasteiger partial charge >= 0.3 is 0 Å². The van der Waals surface area contributed by atoms with E-state index in [0.717, 1.165) is 22.1 Å². The van der Waals surface area contributed by atoms with Crippen molar-refractivity contribution in [2.45, 2.75) is 0 Å². The Labute approximate surface area is 151 Å². The second-order valence-electron chi connectivity index (χ2n) is 5.73. The SMILES string of the molecule is c1ccc(N=Nc2ccc3ccccc3c2N=Nc2ccccc2)cc1. The van der Waals surface area contributed by atoms with Gasteiger partial charge in [-0.3, -0.25) is 0 Å². The van der Waals surface area contributed by atoms with E-state index in [1.165, 1.54) is 0 Å². The van der Waals surface area contributed by atoms with Gasteiger partial charge in [-0.05, 0) is 35.7 Å². The molecule has 0 radical (unpaired) electrons. The van der Waals surface area contributed by atoms with Crippen molar-refractivity contribution in [3.8, 4) is 0 Å². The molecule has 0 atom stereocenters. The van der Waals surface area contributed by atoms with E-state index in [0.29, 0.717) is 11.4 Å². The molecule has 0 saturated heterocycles. The van der Waals surface area contributed by atoms with E-state index in [1.54, 1.807) is 0 Å². The molecule has 4 heteroatoms. The highest BCUT2D eigenvalue weighted by Crippen LogP contribution is 2.37. The molecule has 26 heavy (non-hydrogen) atoms. The molecular weight excluding hydrogens is 320 g/mol. The molecule has 0 fully saturated rings. The second kappa shape index (κ2) is 7.49. The van der Waals surface area contributed by atoms with Crippen LogP contribution in [0.5, 0.6) is 0 Å². The van der Waals surface area contributed by atoms with Gasteiger partial charge in [0.2, 0.25) is 0 Å². The van der Waals surface area contributed by atoms with Crippen molar-refractivity contribution in [3.63, 3.8) is 0 Å². The van der Waals surface area contributed by atoms with Crippen molar-refractivity contribution in [1.82, 2.24) is 0 Å². The zero-order valence-electron chi connectivity index (χ0n) is 14.0. The predicted octanol–water partition coefficient (Wildman–Crippen LogP) is 7.67. The van der Waals surface area contributed by atoms with Crippen LogP contribution in [0.25, 0.3) is 10.8 Å². The first kappa shape index (κ1) is 15.8. The highest BCUT2D eigenvalue weighted by molar-refractivity contribution is 5.97. The molecule has 0 N–H and O–H groups in total. The van der Waals surface area contributed by atoms with Crippen LogP contribution in [0.2, 0.25) is 0 Å². The van der Waals surface area contributed by atoms with E-state index in [-0.39, 0.29) is 0 Å². The predicted molar refractivity (Wildman–Crippen MR) is 105 cm³/mol. The lowest BCUT2D eigenvalue weighted by atomic mass is 10.1. The fraction of sp³-hybridized carbons (Fsp3) is 0. The van der Waals surface area contributed by atoms with Crippen molar-refractivity contribution >= 4 is 33.5 Å². The molecule has 0 saturated carbocycles. The van der Waals surface area contributed by atoms with E-state index in [4.69, 9.17) is 0 Å². The maximum Gasteiger partial charge on any atom is 0.121 e. The van der Waals surface area contributed by atoms with E-state index < -0.39 is 0 Å². The molecular formula is C22H16N4. The van der Waals surface area contributed by atoms with Gasteiger partial charge in [0.1, 0.15) is 11.4 Å². The molecule has 0 aromatic heterocycles. The Kier molecular flexibility index (Phi) is 4.56. The molecule has 0 spiro atoms. The highest BCUT2D eigenvalue weighted by atomic mass is 15.2. The van der Waals surface area contributed by atoms with Crippen molar-refractivity contribution in [3.05, 3.63) is 97.1 Å². The number of azo groups is 2. The van der Waals surface area contributed by atoms with Crippen LogP contribution in [-0.4, -0.2) is 0 Å². The van der Waals surface area contributed by atoms with Crippen LogP contribution in [0.15, 0.2) is 118 Å². The van der Waals surface area contributed by atoms with Crippen molar-refractivity contribution < 1.29 is 0 Å². The van der Waals surface area contributed by atoms with Gasteiger partial charge in [0, 0.05) is 5.39 Å². The fourth-order valence-electron chi connectivity index (χ4n) is 2.64. The van der Waals surface area contributed by atoms with Crippen molar-refractivity contribution in [1.29, 1.82) is 0 Å². The quantitative estimate of drug-likeness (QED) is 0.343. The standard InChI is InChI=1S/C22H16N4/c1-3-10-18(11-4-1)23-25-21-16-15-17-9-7-8-14-20(17)22(21)26-24-19-12-5-2-6-13-19/h1-16H. The number of rotatable bonds is 4. The average molecular weight is 336 g/mol. The van der Waals surface area contributed by atoms with Crippen LogP contribution in [0.1, 0.15) is 0 Å². The number of hydrogen-bond acceptors (Lipinski definition) is 4. The summed E-state index contributed by atoms with van der Waals surface area (Å²) < 4.78 is 0. The van der Waals surface area contributed by atoms with Crippen LogP contribution in [0.3, 0.4) is 0 Å². The zero-order chi connectivity index (χ0) is 17.6. The monoisotopic (exact) mass is 336 g/mol. The van der Waals surface area contributed by atoms with Crippen LogP contribution in [-0.2, 0) is 0 Å². The Morgan fingerprint density at radius 2 is 1.00 bits per heavy atom. The van der Waals surface area contributed by atoms with Gasteiger partial charge in [-0.2, -0.15) is 10.2 Å². The molecule has 0 unspecified atom stereocenters. The molecule has 4 aromatic carbocycles. The number of nitrogens with zero attached hydrogens (tertiary/aromatic N) is 4. The maximum absolute atomic E-state index is 4.49.